The van der Waals surface area contributed by atoms with Crippen LogP contribution < -0.4 is 10.6 Å². The maximum Gasteiger partial charge on any atom is 0.343 e. The molecule has 0 saturated carbocycles. The van der Waals surface area contributed by atoms with Crippen molar-refractivity contribution in [3.05, 3.63) is 41.1 Å². The highest BCUT2D eigenvalue weighted by molar-refractivity contribution is 5.92. The van der Waals surface area contributed by atoms with E-state index in [1.165, 1.54) is 15.6 Å². The summed E-state index contributed by atoms with van der Waals surface area (Å²) in [5, 5.41) is 9.86. The van der Waals surface area contributed by atoms with E-state index >= 15 is 0 Å². The molecule has 2 aromatic rings. The first-order valence-corrected chi connectivity index (χ1v) is 11.1. The lowest BCUT2D eigenvalue weighted by Gasteiger charge is -2.36. The van der Waals surface area contributed by atoms with Crippen LogP contribution in [0.1, 0.15) is 32.0 Å². The Kier molecular flexibility index (Phi) is 6.39. The van der Waals surface area contributed by atoms with E-state index in [1.54, 1.807) is 0 Å². The highest BCUT2D eigenvalue weighted by atomic mass is 19.2. The Bertz CT molecular complexity index is 1140. The lowest BCUT2D eigenvalue weighted by molar-refractivity contribution is -0.141. The third kappa shape index (κ3) is 4.65. The predicted molar refractivity (Wildman–Crippen MR) is 118 cm³/mol. The van der Waals surface area contributed by atoms with E-state index in [1.807, 2.05) is 20.8 Å². The number of rotatable bonds is 3. The highest BCUT2D eigenvalue weighted by Gasteiger charge is 2.38. The molecule has 0 bridgehead atoms. The van der Waals surface area contributed by atoms with E-state index in [4.69, 9.17) is 4.74 Å². The fourth-order valence-corrected chi connectivity index (χ4v) is 4.12. The molecule has 2 aliphatic heterocycles. The van der Waals surface area contributed by atoms with Crippen molar-refractivity contribution in [3.8, 4) is 11.3 Å². The van der Waals surface area contributed by atoms with Gasteiger partial charge in [0.25, 0.3) is 0 Å². The average molecular weight is 475 g/mol. The Morgan fingerprint density at radius 3 is 2.68 bits per heavy atom. The number of halogens is 2. The fourth-order valence-electron chi connectivity index (χ4n) is 4.12. The first kappa shape index (κ1) is 23.8. The molecule has 1 saturated heterocycles. The van der Waals surface area contributed by atoms with Crippen LogP contribution in [-0.2, 0) is 27.4 Å². The minimum Gasteiger partial charge on any atom is -0.376 e. The van der Waals surface area contributed by atoms with Crippen molar-refractivity contribution in [1.29, 1.82) is 0 Å². The molecular weight excluding hydrogens is 448 g/mol. The molecule has 1 fully saturated rings. The molecule has 1 atom stereocenters. The van der Waals surface area contributed by atoms with Crippen molar-refractivity contribution in [3.63, 3.8) is 0 Å². The molecular formula is C23H27F2N5O4. The highest BCUT2D eigenvalue weighted by Crippen LogP contribution is 2.30. The third-order valence-corrected chi connectivity index (χ3v) is 5.94. The number of aromatic nitrogens is 2. The minimum atomic E-state index is -1.02. The Hall–Kier alpha value is -3.34. The number of piperazine rings is 1. The largest absolute Gasteiger partial charge is 0.376 e. The summed E-state index contributed by atoms with van der Waals surface area (Å²) in [6.07, 6.45) is 0.389. The molecule has 182 valence electrons. The molecule has 11 heteroatoms. The van der Waals surface area contributed by atoms with Gasteiger partial charge in [-0.05, 0) is 23.6 Å². The molecule has 9 nitrogen and oxygen atoms in total. The van der Waals surface area contributed by atoms with Gasteiger partial charge >= 0.3 is 6.03 Å². The van der Waals surface area contributed by atoms with Crippen LogP contribution in [0.3, 0.4) is 0 Å². The number of nitrogens with zero attached hydrogens (tertiary/aromatic N) is 3. The van der Waals surface area contributed by atoms with Gasteiger partial charge in [0.1, 0.15) is 6.04 Å². The molecule has 0 spiro atoms. The van der Waals surface area contributed by atoms with Crippen molar-refractivity contribution in [2.24, 2.45) is 5.41 Å². The number of nitrogens with one attached hydrogen (secondary N) is 2. The van der Waals surface area contributed by atoms with Crippen LogP contribution in [0.5, 0.6) is 0 Å². The van der Waals surface area contributed by atoms with Gasteiger partial charge in [0, 0.05) is 30.6 Å². The number of fused-ring (bicyclic) bond motifs is 1. The maximum absolute atomic E-state index is 13.9. The lowest BCUT2D eigenvalue weighted by atomic mass is 9.85. The summed E-state index contributed by atoms with van der Waals surface area (Å²) in [6.45, 7) is 6.61. The van der Waals surface area contributed by atoms with Crippen molar-refractivity contribution in [2.75, 3.05) is 26.2 Å². The first-order chi connectivity index (χ1) is 16.1. The second kappa shape index (κ2) is 9.13. The Balaban J connectivity index is 1.66. The summed E-state index contributed by atoms with van der Waals surface area (Å²) in [5.41, 5.74) is 1.17. The number of carbonyl (C=O) groups excluding carboxylic acids is 3. The van der Waals surface area contributed by atoms with Gasteiger partial charge in [-0.2, -0.15) is 9.78 Å². The molecule has 34 heavy (non-hydrogen) atoms. The number of hydrogen-bond acceptors (Lipinski definition) is 5. The van der Waals surface area contributed by atoms with Crippen molar-refractivity contribution in [1.82, 2.24) is 25.3 Å². The van der Waals surface area contributed by atoms with Crippen LogP contribution in [0, 0.1) is 17.0 Å². The van der Waals surface area contributed by atoms with Gasteiger partial charge in [0.15, 0.2) is 11.6 Å². The molecule has 0 radical (unpaired) electrons. The van der Waals surface area contributed by atoms with E-state index in [0.29, 0.717) is 48.6 Å². The molecule has 1 unspecified atom stereocenters. The minimum absolute atomic E-state index is 0.0733. The van der Waals surface area contributed by atoms with Crippen LogP contribution >= 0.6 is 0 Å². The van der Waals surface area contributed by atoms with Gasteiger partial charge in [0.2, 0.25) is 11.8 Å². The van der Waals surface area contributed by atoms with Crippen LogP contribution in [0.25, 0.3) is 11.3 Å². The van der Waals surface area contributed by atoms with Gasteiger partial charge < -0.3 is 20.3 Å². The average Bonchev–Trinajstić information content (AvgIpc) is 3.18. The maximum atomic E-state index is 13.9. The molecule has 3 amide bonds. The summed E-state index contributed by atoms with van der Waals surface area (Å²) in [7, 11) is 0. The summed E-state index contributed by atoms with van der Waals surface area (Å²) >= 11 is 0. The smallest absolute Gasteiger partial charge is 0.343 e. The normalized spacial score (nSPS) is 17.1. The zero-order valence-corrected chi connectivity index (χ0v) is 19.3. The topological polar surface area (TPSA) is 106 Å². The summed E-state index contributed by atoms with van der Waals surface area (Å²) in [4.78, 5) is 39.8. The Labute approximate surface area is 195 Å². The molecule has 0 aliphatic carbocycles. The van der Waals surface area contributed by atoms with Crippen LogP contribution in [-0.4, -0.2) is 64.8 Å². The number of carbonyl (C=O) groups is 3. The third-order valence-electron chi connectivity index (χ3n) is 5.94. The summed E-state index contributed by atoms with van der Waals surface area (Å²) in [5.74, 6) is -2.62. The van der Waals surface area contributed by atoms with E-state index in [0.717, 1.165) is 12.1 Å². The zero-order chi connectivity index (χ0) is 24.6. The Morgan fingerprint density at radius 1 is 1.24 bits per heavy atom. The standard InChI is InChI=1S/C23H27F2N5O4/c1-23(2,3)20(21(32)29-8-7-26-18(31)11-29)27-22(33)30-17-6-9-34-12-14(17)19(28-30)13-4-5-15(24)16(25)10-13/h4-5,10,20H,6-9,11-12H2,1-3H3,(H,26,31)(H,27,33). The van der Waals surface area contributed by atoms with E-state index in [9.17, 15) is 23.2 Å². The van der Waals surface area contributed by atoms with Crippen LogP contribution in [0.15, 0.2) is 18.2 Å². The van der Waals surface area contributed by atoms with E-state index < -0.39 is 29.1 Å². The van der Waals surface area contributed by atoms with Crippen molar-refractivity contribution >= 4 is 17.8 Å². The Morgan fingerprint density at radius 2 is 2.00 bits per heavy atom. The van der Waals surface area contributed by atoms with Gasteiger partial charge in [0.05, 0.1) is 31.1 Å². The SMILES string of the molecule is CC(C)(C)C(NC(=O)n1nc(-c2ccc(F)c(F)c2)c2c1CCOC2)C(=O)N1CCNC(=O)C1. The zero-order valence-electron chi connectivity index (χ0n) is 19.3. The van der Waals surface area contributed by atoms with E-state index in [-0.39, 0.29) is 25.0 Å². The number of hydrogen-bond donors (Lipinski definition) is 2. The van der Waals surface area contributed by atoms with Gasteiger partial charge in [-0.25, -0.2) is 13.6 Å². The monoisotopic (exact) mass is 475 g/mol. The van der Waals surface area contributed by atoms with E-state index in [2.05, 4.69) is 15.7 Å². The molecule has 2 N–H and O–H groups in total. The van der Waals surface area contributed by atoms with Crippen LogP contribution in [0.4, 0.5) is 13.6 Å². The predicted octanol–water partition coefficient (Wildman–Crippen LogP) is 1.83. The van der Waals surface area contributed by atoms with Gasteiger partial charge in [-0.15, -0.1) is 0 Å². The molecule has 2 aliphatic rings. The number of amides is 3. The second-order valence-electron chi connectivity index (χ2n) is 9.48. The fraction of sp³-hybridized carbons (Fsp3) is 0.478. The lowest BCUT2D eigenvalue weighted by Crippen LogP contribution is -2.59. The van der Waals surface area contributed by atoms with Gasteiger partial charge in [-0.1, -0.05) is 20.8 Å². The summed E-state index contributed by atoms with van der Waals surface area (Å²) in [6, 6.07) is 1.88. The quantitative estimate of drug-likeness (QED) is 0.705. The van der Waals surface area contributed by atoms with Crippen molar-refractivity contribution < 1.29 is 27.9 Å². The molecule has 1 aromatic carbocycles. The number of ether oxygens (including phenoxy) is 1. The second-order valence-corrected chi connectivity index (χ2v) is 9.48. The van der Waals surface area contributed by atoms with Crippen LogP contribution in [0.2, 0.25) is 0 Å². The first-order valence-electron chi connectivity index (χ1n) is 11.1. The molecule has 1 aromatic heterocycles. The van der Waals surface area contributed by atoms with Crippen molar-refractivity contribution in [2.45, 2.75) is 39.8 Å². The molecule has 4 rings (SSSR count). The molecule has 3 heterocycles. The number of benzene rings is 1. The van der Waals surface area contributed by atoms with Gasteiger partial charge in [-0.3, -0.25) is 9.59 Å². The summed E-state index contributed by atoms with van der Waals surface area (Å²) < 4.78 is 34.0.